The molecule has 0 unspecified atom stereocenters. The summed E-state index contributed by atoms with van der Waals surface area (Å²) in [6.45, 7) is 0.974. The van der Waals surface area contributed by atoms with Crippen molar-refractivity contribution in [2.24, 2.45) is 16.9 Å². The van der Waals surface area contributed by atoms with Crippen LogP contribution in [0.2, 0.25) is 0 Å². The summed E-state index contributed by atoms with van der Waals surface area (Å²) in [7, 11) is 3.22. The van der Waals surface area contributed by atoms with E-state index in [1.807, 2.05) is 18.2 Å². The number of rotatable bonds is 12. The van der Waals surface area contributed by atoms with E-state index < -0.39 is 5.97 Å². The second kappa shape index (κ2) is 14.4. The number of amides is 1. The second-order valence-electron chi connectivity index (χ2n) is 9.22. The van der Waals surface area contributed by atoms with Crippen LogP contribution in [-0.4, -0.2) is 50.0 Å². The molecule has 0 aromatic heterocycles. The molecular formula is C29H33N2NaO6. The summed E-state index contributed by atoms with van der Waals surface area (Å²) in [6.07, 6.45) is 9.14. The van der Waals surface area contributed by atoms with Gasteiger partial charge in [0, 0.05) is 23.6 Å². The number of hydrogen-bond donors (Lipinski definition) is 0. The van der Waals surface area contributed by atoms with Crippen molar-refractivity contribution in [2.75, 3.05) is 27.4 Å². The van der Waals surface area contributed by atoms with Crippen LogP contribution in [0.25, 0.3) is 0 Å². The topological polar surface area (TPSA) is 100 Å². The number of carbonyl (C=O) groups is 2. The van der Waals surface area contributed by atoms with E-state index in [1.54, 1.807) is 37.4 Å². The van der Waals surface area contributed by atoms with Gasteiger partial charge in [0.2, 0.25) is 5.91 Å². The van der Waals surface area contributed by atoms with E-state index in [4.69, 9.17) is 19.3 Å². The van der Waals surface area contributed by atoms with Crippen molar-refractivity contribution in [3.8, 4) is 17.2 Å². The Morgan fingerprint density at radius 1 is 0.947 bits per heavy atom. The Balaban J connectivity index is 0.00000400. The average Bonchev–Trinajstić information content (AvgIpc) is 2.93. The van der Waals surface area contributed by atoms with Crippen LogP contribution >= 0.6 is 0 Å². The van der Waals surface area contributed by atoms with E-state index in [2.05, 4.69) is 12.2 Å². The number of hydrogen-bond acceptors (Lipinski definition) is 7. The van der Waals surface area contributed by atoms with Crippen molar-refractivity contribution < 1.29 is 58.5 Å². The van der Waals surface area contributed by atoms with E-state index in [9.17, 15) is 14.7 Å². The number of hydrazone groups is 1. The van der Waals surface area contributed by atoms with Crippen LogP contribution in [-0.2, 0) is 4.79 Å². The normalized spacial score (nSPS) is 18.2. The van der Waals surface area contributed by atoms with Crippen molar-refractivity contribution in [1.82, 2.24) is 5.01 Å². The third kappa shape index (κ3) is 6.98. The number of methoxy groups -OCH3 is 2. The number of fused-ring (bicyclic) bond motifs is 1. The smallest absolute Gasteiger partial charge is 0.545 e. The van der Waals surface area contributed by atoms with Gasteiger partial charge in [-0.3, -0.25) is 4.79 Å². The summed E-state index contributed by atoms with van der Waals surface area (Å²) in [4.78, 5) is 24.4. The number of carboxylic acids is 1. The number of aromatic carboxylic acids is 1. The van der Waals surface area contributed by atoms with Crippen molar-refractivity contribution in [1.29, 1.82) is 0 Å². The Kier molecular flexibility index (Phi) is 11.2. The van der Waals surface area contributed by atoms with Crippen molar-refractivity contribution in [3.05, 3.63) is 65.7 Å². The third-order valence-electron chi connectivity index (χ3n) is 6.89. The Bertz CT molecular complexity index is 1180. The standard InChI is InChI=1S/C29H34N2O6.Na/c1-35-25-16-15-20(19-26(25)36-2)27-21-11-5-6-12-22(21)28(32)31(30-27)17-9-3-4-10-18-37-24-14-8-7-13-23(24)29(33)34;/h5-8,13-16,19,21-22H,3-4,9-12,17-18H2,1-2H3,(H,33,34);/q;+1/p-1/t21-,22+;/m1./s1. The number of allylic oxidation sites excluding steroid dienone is 2. The SMILES string of the molecule is COc1ccc(C2=NN(CCCCCCOc3ccccc3C(=O)[O-])C(=O)[C@H]3CC=CC[C@@H]23)cc1OC.[Na+]. The molecule has 0 N–H and O–H groups in total. The molecule has 8 nitrogen and oxygen atoms in total. The fourth-order valence-electron chi connectivity index (χ4n) is 4.92. The molecule has 1 amide bonds. The Labute approximate surface area is 245 Å². The van der Waals surface area contributed by atoms with Gasteiger partial charge in [-0.2, -0.15) is 5.10 Å². The van der Waals surface area contributed by atoms with Gasteiger partial charge in [0.25, 0.3) is 0 Å². The summed E-state index contributed by atoms with van der Waals surface area (Å²) >= 11 is 0. The predicted octanol–water partition coefficient (Wildman–Crippen LogP) is 0.839. The molecule has 0 radical (unpaired) electrons. The first-order valence-electron chi connectivity index (χ1n) is 12.7. The molecule has 1 heterocycles. The first kappa shape index (κ1) is 29.7. The Morgan fingerprint density at radius 2 is 1.66 bits per heavy atom. The third-order valence-corrected chi connectivity index (χ3v) is 6.89. The zero-order chi connectivity index (χ0) is 26.2. The minimum absolute atomic E-state index is 0. The Morgan fingerprint density at radius 3 is 2.39 bits per heavy atom. The first-order chi connectivity index (χ1) is 18.0. The van der Waals surface area contributed by atoms with Gasteiger partial charge in [-0.25, -0.2) is 5.01 Å². The van der Waals surface area contributed by atoms with Gasteiger partial charge in [-0.15, -0.1) is 0 Å². The molecule has 1 aliphatic carbocycles. The number of para-hydroxylation sites is 1. The van der Waals surface area contributed by atoms with Crippen molar-refractivity contribution in [2.45, 2.75) is 38.5 Å². The maximum Gasteiger partial charge on any atom is 1.00 e. The van der Waals surface area contributed by atoms with Gasteiger partial charge in [0.05, 0.1) is 38.4 Å². The molecular weight excluding hydrogens is 495 g/mol. The minimum atomic E-state index is -1.24. The van der Waals surface area contributed by atoms with Crippen molar-refractivity contribution in [3.63, 3.8) is 0 Å². The fourth-order valence-corrected chi connectivity index (χ4v) is 4.92. The molecule has 4 rings (SSSR count). The maximum atomic E-state index is 13.2. The first-order valence-corrected chi connectivity index (χ1v) is 12.7. The van der Waals surface area contributed by atoms with Crippen LogP contribution in [0.15, 0.2) is 59.7 Å². The molecule has 1 aliphatic heterocycles. The number of benzene rings is 2. The van der Waals surface area contributed by atoms with E-state index in [0.29, 0.717) is 30.4 Å². The molecule has 0 fully saturated rings. The second-order valence-corrected chi connectivity index (χ2v) is 9.22. The fraction of sp³-hybridized carbons (Fsp3) is 0.414. The monoisotopic (exact) mass is 528 g/mol. The summed E-state index contributed by atoms with van der Waals surface area (Å²) in [5, 5.41) is 17.7. The molecule has 0 saturated heterocycles. The predicted molar refractivity (Wildman–Crippen MR) is 138 cm³/mol. The van der Waals surface area contributed by atoms with Gasteiger partial charge in [0.15, 0.2) is 11.5 Å². The Hall–Kier alpha value is -2.81. The van der Waals surface area contributed by atoms with Crippen LogP contribution in [0.4, 0.5) is 0 Å². The van der Waals surface area contributed by atoms with Gasteiger partial charge >= 0.3 is 29.6 Å². The summed E-state index contributed by atoms with van der Waals surface area (Å²) in [6, 6.07) is 12.3. The molecule has 0 bridgehead atoms. The molecule has 2 aromatic carbocycles. The van der Waals surface area contributed by atoms with E-state index in [1.165, 1.54) is 6.07 Å². The van der Waals surface area contributed by atoms with Crippen LogP contribution in [0, 0.1) is 11.8 Å². The van der Waals surface area contributed by atoms with Gasteiger partial charge < -0.3 is 24.1 Å². The number of ether oxygens (including phenoxy) is 3. The van der Waals surface area contributed by atoms with Gasteiger partial charge in [-0.05, 0) is 62.4 Å². The summed E-state index contributed by atoms with van der Waals surface area (Å²) in [5.74, 6) is 0.401. The average molecular weight is 529 g/mol. The quantitative estimate of drug-likeness (QED) is 0.230. The maximum absolute atomic E-state index is 13.2. The number of unbranched alkanes of at least 4 members (excludes halogenated alkanes) is 3. The van der Waals surface area contributed by atoms with Gasteiger partial charge in [-0.1, -0.05) is 30.7 Å². The van der Waals surface area contributed by atoms with Crippen LogP contribution < -0.4 is 48.9 Å². The molecule has 2 aliphatic rings. The number of nitrogens with zero attached hydrogens (tertiary/aromatic N) is 2. The molecule has 2 aromatic rings. The van der Waals surface area contributed by atoms with Gasteiger partial charge in [0.1, 0.15) is 5.75 Å². The molecule has 0 saturated carbocycles. The van der Waals surface area contributed by atoms with E-state index in [-0.39, 0.29) is 52.9 Å². The summed E-state index contributed by atoms with van der Waals surface area (Å²) in [5.41, 5.74) is 1.91. The largest absolute Gasteiger partial charge is 1.00 e. The van der Waals surface area contributed by atoms with Crippen LogP contribution in [0.3, 0.4) is 0 Å². The van der Waals surface area contributed by atoms with E-state index >= 15 is 0 Å². The molecule has 2 atom stereocenters. The summed E-state index contributed by atoms with van der Waals surface area (Å²) < 4.78 is 16.5. The molecule has 0 spiro atoms. The minimum Gasteiger partial charge on any atom is -0.545 e. The molecule has 38 heavy (non-hydrogen) atoms. The van der Waals surface area contributed by atoms with Crippen molar-refractivity contribution >= 4 is 17.6 Å². The molecule has 9 heteroatoms. The molecule has 196 valence electrons. The number of carbonyl (C=O) groups excluding carboxylic acids is 2. The number of carboxylic acid groups (broad SMARTS) is 1. The van der Waals surface area contributed by atoms with Crippen LogP contribution in [0.1, 0.15) is 54.4 Å². The zero-order valence-electron chi connectivity index (χ0n) is 22.4. The van der Waals surface area contributed by atoms with E-state index in [0.717, 1.165) is 49.8 Å². The van der Waals surface area contributed by atoms with Crippen LogP contribution in [0.5, 0.6) is 17.2 Å². The zero-order valence-corrected chi connectivity index (χ0v) is 24.4.